The van der Waals surface area contributed by atoms with Gasteiger partial charge in [0.2, 0.25) is 5.91 Å². The van der Waals surface area contributed by atoms with Crippen LogP contribution in [0.3, 0.4) is 0 Å². The summed E-state index contributed by atoms with van der Waals surface area (Å²) in [5, 5.41) is 27.4. The zero-order valence-corrected chi connectivity index (χ0v) is 17.7. The maximum atomic E-state index is 12.6. The van der Waals surface area contributed by atoms with Crippen LogP contribution in [0, 0.1) is 26.1 Å². The van der Waals surface area contributed by atoms with Gasteiger partial charge in [-0.15, -0.1) is 0 Å². The first-order chi connectivity index (χ1) is 14.2. The Bertz CT molecular complexity index is 733. The van der Waals surface area contributed by atoms with Crippen LogP contribution in [0.4, 0.5) is 11.4 Å². The molecule has 1 rings (SSSR count). The van der Waals surface area contributed by atoms with Crippen molar-refractivity contribution in [3.63, 3.8) is 0 Å². The third-order valence-corrected chi connectivity index (χ3v) is 4.65. The highest BCUT2D eigenvalue weighted by atomic mass is 16.6. The second-order valence-electron chi connectivity index (χ2n) is 7.51. The lowest BCUT2D eigenvalue weighted by molar-refractivity contribution is -0.394. The van der Waals surface area contributed by atoms with Gasteiger partial charge in [-0.3, -0.25) is 29.8 Å². The number of unbranched alkanes of at least 4 members (excludes halogenated alkanes) is 5. The lowest BCUT2D eigenvalue weighted by Gasteiger charge is -2.21. The van der Waals surface area contributed by atoms with Crippen molar-refractivity contribution < 1.29 is 19.4 Å². The number of benzene rings is 1. The monoisotopic (exact) mass is 422 g/mol. The molecular weight excluding hydrogens is 392 g/mol. The molecule has 2 amide bonds. The molecule has 0 aliphatic carbocycles. The largest absolute Gasteiger partial charge is 0.354 e. The molecule has 10 nitrogen and oxygen atoms in total. The predicted octanol–water partition coefficient (Wildman–Crippen LogP) is 3.73. The molecule has 0 radical (unpaired) electrons. The highest BCUT2D eigenvalue weighted by molar-refractivity contribution is 5.98. The third kappa shape index (κ3) is 8.14. The van der Waals surface area contributed by atoms with Gasteiger partial charge in [-0.2, -0.15) is 0 Å². The molecule has 0 aliphatic heterocycles. The number of rotatable bonds is 13. The molecule has 0 saturated heterocycles. The zero-order chi connectivity index (χ0) is 22.7. The number of nitro groups is 2. The Morgan fingerprint density at radius 3 is 1.97 bits per heavy atom. The second-order valence-corrected chi connectivity index (χ2v) is 7.51. The van der Waals surface area contributed by atoms with E-state index in [1.54, 1.807) is 13.8 Å². The van der Waals surface area contributed by atoms with Gasteiger partial charge in [-0.1, -0.05) is 52.9 Å². The second kappa shape index (κ2) is 12.5. The summed E-state index contributed by atoms with van der Waals surface area (Å²) in [5.41, 5.74) is -1.38. The van der Waals surface area contributed by atoms with Crippen LogP contribution in [0.1, 0.15) is 69.7 Å². The van der Waals surface area contributed by atoms with Gasteiger partial charge in [0.1, 0.15) is 6.04 Å². The van der Waals surface area contributed by atoms with E-state index in [0.29, 0.717) is 6.54 Å². The molecule has 0 bridgehead atoms. The number of hydrogen-bond donors (Lipinski definition) is 2. The first-order valence-electron chi connectivity index (χ1n) is 10.2. The number of hydrogen-bond acceptors (Lipinski definition) is 6. The topological polar surface area (TPSA) is 144 Å². The Morgan fingerprint density at radius 1 is 0.933 bits per heavy atom. The van der Waals surface area contributed by atoms with E-state index in [2.05, 4.69) is 17.6 Å². The van der Waals surface area contributed by atoms with Crippen LogP contribution in [0.25, 0.3) is 0 Å². The fourth-order valence-electron chi connectivity index (χ4n) is 2.92. The minimum atomic E-state index is -0.865. The van der Waals surface area contributed by atoms with E-state index >= 15 is 0 Å². The molecule has 1 aromatic rings. The van der Waals surface area contributed by atoms with Gasteiger partial charge in [0.05, 0.1) is 21.5 Å². The molecule has 1 unspecified atom stereocenters. The van der Waals surface area contributed by atoms with E-state index < -0.39 is 33.2 Å². The van der Waals surface area contributed by atoms with Crippen LogP contribution in [0.5, 0.6) is 0 Å². The van der Waals surface area contributed by atoms with Crippen LogP contribution in [-0.2, 0) is 4.79 Å². The van der Waals surface area contributed by atoms with Gasteiger partial charge in [-0.25, -0.2) is 0 Å². The van der Waals surface area contributed by atoms with Crippen molar-refractivity contribution in [3.8, 4) is 0 Å². The van der Waals surface area contributed by atoms with E-state index in [4.69, 9.17) is 0 Å². The van der Waals surface area contributed by atoms with Crippen molar-refractivity contribution >= 4 is 23.2 Å². The molecule has 0 aliphatic rings. The Morgan fingerprint density at radius 2 is 1.47 bits per heavy atom. The lowest BCUT2D eigenvalue weighted by Crippen LogP contribution is -2.49. The Labute approximate surface area is 175 Å². The normalized spacial score (nSPS) is 11.7. The van der Waals surface area contributed by atoms with Crippen LogP contribution < -0.4 is 10.6 Å². The summed E-state index contributed by atoms with van der Waals surface area (Å²) in [4.78, 5) is 45.4. The van der Waals surface area contributed by atoms with E-state index in [0.717, 1.165) is 37.5 Å². The molecule has 10 heteroatoms. The summed E-state index contributed by atoms with van der Waals surface area (Å²) in [6, 6.07) is 1.82. The molecule has 0 saturated carbocycles. The lowest BCUT2D eigenvalue weighted by atomic mass is 10.0. The smallest absolute Gasteiger partial charge is 0.277 e. The summed E-state index contributed by atoms with van der Waals surface area (Å²) in [6.07, 6.45) is 6.50. The molecule has 1 aromatic carbocycles. The average Bonchev–Trinajstić information content (AvgIpc) is 2.70. The van der Waals surface area contributed by atoms with Gasteiger partial charge >= 0.3 is 0 Å². The predicted molar refractivity (Wildman–Crippen MR) is 112 cm³/mol. The molecule has 2 N–H and O–H groups in total. The van der Waals surface area contributed by atoms with E-state index in [1.165, 1.54) is 19.3 Å². The minimum Gasteiger partial charge on any atom is -0.354 e. The summed E-state index contributed by atoms with van der Waals surface area (Å²) in [5.74, 6) is -1.38. The molecular formula is C20H30N4O6. The quantitative estimate of drug-likeness (QED) is 0.281. The molecule has 0 spiro atoms. The fraction of sp³-hybridized carbons (Fsp3) is 0.600. The standard InChI is InChI=1S/C20H30N4O6/c1-4-5-6-7-8-9-10-21-20(26)18(14(2)3)22-19(25)15-11-16(23(27)28)13-17(12-15)24(29)30/h11-14,18H,4-10H2,1-3H3,(H,21,26)(H,22,25). The number of amides is 2. The van der Waals surface area contributed by atoms with Crippen LogP contribution >= 0.6 is 0 Å². The maximum Gasteiger partial charge on any atom is 0.277 e. The third-order valence-electron chi connectivity index (χ3n) is 4.65. The van der Waals surface area contributed by atoms with Crippen LogP contribution in [0.2, 0.25) is 0 Å². The number of nitrogens with zero attached hydrogens (tertiary/aromatic N) is 2. The molecule has 0 aromatic heterocycles. The number of carbonyl (C=O) groups is 2. The molecule has 0 heterocycles. The highest BCUT2D eigenvalue weighted by Gasteiger charge is 2.26. The summed E-state index contributed by atoms with van der Waals surface area (Å²) >= 11 is 0. The number of non-ortho nitro benzene ring substituents is 2. The van der Waals surface area contributed by atoms with Gasteiger partial charge < -0.3 is 10.6 Å². The van der Waals surface area contributed by atoms with Gasteiger partial charge in [0.25, 0.3) is 17.3 Å². The highest BCUT2D eigenvalue weighted by Crippen LogP contribution is 2.23. The Kier molecular flexibility index (Phi) is 10.4. The Hall–Kier alpha value is -3.04. The van der Waals surface area contributed by atoms with E-state index in [9.17, 15) is 29.8 Å². The van der Waals surface area contributed by atoms with Crippen molar-refractivity contribution in [2.24, 2.45) is 5.92 Å². The molecule has 0 fully saturated rings. The zero-order valence-electron chi connectivity index (χ0n) is 17.7. The van der Waals surface area contributed by atoms with E-state index in [-0.39, 0.29) is 17.4 Å². The maximum absolute atomic E-state index is 12.6. The first-order valence-corrected chi connectivity index (χ1v) is 10.2. The first kappa shape index (κ1) is 25.0. The van der Waals surface area contributed by atoms with E-state index in [1.807, 2.05) is 0 Å². The van der Waals surface area contributed by atoms with Crippen molar-refractivity contribution in [2.45, 2.75) is 65.3 Å². The summed E-state index contributed by atoms with van der Waals surface area (Å²) in [7, 11) is 0. The van der Waals surface area contributed by atoms with Crippen molar-refractivity contribution in [2.75, 3.05) is 6.54 Å². The van der Waals surface area contributed by atoms with Crippen molar-refractivity contribution in [1.82, 2.24) is 10.6 Å². The van der Waals surface area contributed by atoms with Crippen LogP contribution in [0.15, 0.2) is 18.2 Å². The number of nitrogens with one attached hydrogen (secondary N) is 2. The number of carbonyl (C=O) groups excluding carboxylic acids is 2. The molecule has 166 valence electrons. The van der Waals surface area contributed by atoms with Gasteiger partial charge in [-0.05, 0) is 12.3 Å². The summed E-state index contributed by atoms with van der Waals surface area (Å²) < 4.78 is 0. The van der Waals surface area contributed by atoms with Crippen molar-refractivity contribution in [3.05, 3.63) is 44.0 Å². The minimum absolute atomic E-state index is 0.243. The average molecular weight is 422 g/mol. The molecule has 1 atom stereocenters. The van der Waals surface area contributed by atoms with Gasteiger partial charge in [0, 0.05) is 18.7 Å². The van der Waals surface area contributed by atoms with Gasteiger partial charge in [0.15, 0.2) is 0 Å². The fourth-order valence-corrected chi connectivity index (χ4v) is 2.92. The van der Waals surface area contributed by atoms with Crippen LogP contribution in [-0.4, -0.2) is 34.2 Å². The SMILES string of the molecule is CCCCCCCCNC(=O)C(NC(=O)c1cc([N+](=O)[O-])cc([N+](=O)[O-])c1)C(C)C. The van der Waals surface area contributed by atoms with Crippen molar-refractivity contribution in [1.29, 1.82) is 0 Å². The summed E-state index contributed by atoms with van der Waals surface area (Å²) in [6.45, 7) is 6.15. The molecule has 30 heavy (non-hydrogen) atoms. The number of nitro benzene ring substituents is 2. The Balaban J connectivity index is 2.76.